The van der Waals surface area contributed by atoms with Crippen LogP contribution in [0.4, 0.5) is 0 Å². The summed E-state index contributed by atoms with van der Waals surface area (Å²) in [4.78, 5) is 10.8. The molecule has 2 aromatic carbocycles. The molecule has 0 radical (unpaired) electrons. The van der Waals surface area contributed by atoms with Gasteiger partial charge in [-0.1, -0.05) is 30.2 Å². The van der Waals surface area contributed by atoms with Crippen molar-refractivity contribution in [2.24, 2.45) is 0 Å². The molecule has 0 aliphatic heterocycles. The van der Waals surface area contributed by atoms with Gasteiger partial charge < -0.3 is 19.4 Å². The second kappa shape index (κ2) is 10.8. The quantitative estimate of drug-likeness (QED) is 0.502. The Kier molecular flexibility index (Phi) is 9.15. The van der Waals surface area contributed by atoms with Gasteiger partial charge in [0, 0.05) is 12.4 Å². The molecule has 0 fully saturated rings. The van der Waals surface area contributed by atoms with Crippen molar-refractivity contribution < 1.29 is 48.9 Å². The first kappa shape index (κ1) is 21.1. The third kappa shape index (κ3) is 6.83. The van der Waals surface area contributed by atoms with Gasteiger partial charge in [0.1, 0.15) is 18.1 Å². The Morgan fingerprint density at radius 2 is 1.68 bits per heavy atom. The first-order valence-corrected chi connectivity index (χ1v) is 7.60. The van der Waals surface area contributed by atoms with Gasteiger partial charge in [0.2, 0.25) is 0 Å². The number of hydrogen-bond donors (Lipinski definition) is 0. The minimum atomic E-state index is -1.11. The molecule has 0 spiro atoms. The summed E-state index contributed by atoms with van der Waals surface area (Å²) in [5.41, 5.74) is 1.87. The van der Waals surface area contributed by atoms with Crippen LogP contribution >= 0.6 is 0 Å². The fraction of sp³-hybridized carbons (Fsp3) is 0.250. The SMILES string of the molecule is CC#CC(CC(=O)[O-])c1ccc(OCc2ccc(OC)cc2)cc1.[Na+]. The van der Waals surface area contributed by atoms with Crippen LogP contribution in [0.3, 0.4) is 0 Å². The molecule has 2 aromatic rings. The maximum absolute atomic E-state index is 10.8. The van der Waals surface area contributed by atoms with Gasteiger partial charge in [-0.05, 0) is 42.3 Å². The number of methoxy groups -OCH3 is 1. The van der Waals surface area contributed by atoms with Crippen molar-refractivity contribution in [2.45, 2.75) is 25.9 Å². The van der Waals surface area contributed by atoms with Gasteiger partial charge in [-0.25, -0.2) is 0 Å². The monoisotopic (exact) mass is 346 g/mol. The van der Waals surface area contributed by atoms with E-state index in [1.807, 2.05) is 48.5 Å². The zero-order chi connectivity index (χ0) is 17.4. The minimum absolute atomic E-state index is 0. The van der Waals surface area contributed by atoms with Crippen LogP contribution in [-0.4, -0.2) is 13.1 Å². The fourth-order valence-corrected chi connectivity index (χ4v) is 2.28. The summed E-state index contributed by atoms with van der Waals surface area (Å²) in [5.74, 6) is 5.70. The zero-order valence-corrected chi connectivity index (χ0v) is 16.7. The predicted molar refractivity (Wildman–Crippen MR) is 89.6 cm³/mol. The first-order chi connectivity index (χ1) is 11.6. The van der Waals surface area contributed by atoms with Crippen LogP contribution in [0.15, 0.2) is 48.5 Å². The Balaban J connectivity index is 0.00000312. The van der Waals surface area contributed by atoms with Crippen LogP contribution in [0.5, 0.6) is 11.5 Å². The summed E-state index contributed by atoms with van der Waals surface area (Å²) in [7, 11) is 1.63. The number of hydrogen-bond acceptors (Lipinski definition) is 4. The van der Waals surface area contributed by atoms with E-state index in [-0.39, 0.29) is 41.9 Å². The van der Waals surface area contributed by atoms with Crippen molar-refractivity contribution in [1.29, 1.82) is 0 Å². The van der Waals surface area contributed by atoms with Crippen LogP contribution in [0.2, 0.25) is 0 Å². The largest absolute Gasteiger partial charge is 1.00 e. The predicted octanol–water partition coefficient (Wildman–Crippen LogP) is -0.475. The Labute approximate surface area is 170 Å². The summed E-state index contributed by atoms with van der Waals surface area (Å²) < 4.78 is 10.9. The fourth-order valence-electron chi connectivity index (χ4n) is 2.28. The van der Waals surface area contributed by atoms with Gasteiger partial charge in [0.25, 0.3) is 0 Å². The van der Waals surface area contributed by atoms with E-state index in [1.54, 1.807) is 14.0 Å². The Morgan fingerprint density at radius 3 is 2.20 bits per heavy atom. The van der Waals surface area contributed by atoms with E-state index in [0.29, 0.717) is 12.4 Å². The van der Waals surface area contributed by atoms with Gasteiger partial charge in [0.15, 0.2) is 0 Å². The van der Waals surface area contributed by atoms with Crippen LogP contribution in [0.25, 0.3) is 0 Å². The molecule has 5 heteroatoms. The summed E-state index contributed by atoms with van der Waals surface area (Å²) in [6.45, 7) is 2.13. The van der Waals surface area contributed by atoms with Gasteiger partial charge in [0.05, 0.1) is 13.0 Å². The molecule has 2 rings (SSSR count). The number of benzene rings is 2. The molecule has 25 heavy (non-hydrogen) atoms. The van der Waals surface area contributed by atoms with E-state index in [2.05, 4.69) is 11.8 Å². The molecule has 4 nitrogen and oxygen atoms in total. The smallest absolute Gasteiger partial charge is 0.550 e. The summed E-state index contributed by atoms with van der Waals surface area (Å²) in [6.07, 6.45) is -0.118. The topological polar surface area (TPSA) is 58.6 Å². The van der Waals surface area contributed by atoms with Crippen molar-refractivity contribution in [1.82, 2.24) is 0 Å². The van der Waals surface area contributed by atoms with E-state index in [4.69, 9.17) is 9.47 Å². The van der Waals surface area contributed by atoms with E-state index >= 15 is 0 Å². The third-order valence-electron chi connectivity index (χ3n) is 3.54. The van der Waals surface area contributed by atoms with Gasteiger partial charge in [-0.3, -0.25) is 0 Å². The Bertz CT molecular complexity index is 727. The van der Waals surface area contributed by atoms with E-state index in [1.165, 1.54) is 0 Å². The van der Waals surface area contributed by atoms with E-state index in [9.17, 15) is 9.90 Å². The molecule has 0 N–H and O–H groups in total. The molecule has 0 amide bonds. The molecule has 0 saturated carbocycles. The first-order valence-electron chi connectivity index (χ1n) is 7.60. The molecule has 1 unspecified atom stereocenters. The molecule has 0 aromatic heterocycles. The van der Waals surface area contributed by atoms with Gasteiger partial charge in [-0.15, -0.1) is 5.92 Å². The number of aliphatic carboxylic acids is 1. The number of ether oxygens (including phenoxy) is 2. The molecule has 0 aliphatic rings. The summed E-state index contributed by atoms with van der Waals surface area (Å²) in [6, 6.07) is 15.0. The maximum atomic E-state index is 10.8. The summed E-state index contributed by atoms with van der Waals surface area (Å²) in [5, 5.41) is 10.8. The van der Waals surface area contributed by atoms with Crippen LogP contribution < -0.4 is 44.1 Å². The standard InChI is InChI=1S/C20H20O4.Na/c1-3-4-17(13-20(21)22)16-7-11-19(12-8-16)24-14-15-5-9-18(23-2)10-6-15;/h5-12,17H,13-14H2,1-2H3,(H,21,22);/q;+1/p-1. The normalized spacial score (nSPS) is 10.6. The molecular weight excluding hydrogens is 327 g/mol. The van der Waals surface area contributed by atoms with Crippen LogP contribution in [0.1, 0.15) is 30.4 Å². The molecule has 1 atom stereocenters. The second-order valence-electron chi connectivity index (χ2n) is 5.23. The average Bonchev–Trinajstić information content (AvgIpc) is 2.60. The van der Waals surface area contributed by atoms with Gasteiger partial charge >= 0.3 is 29.6 Å². The van der Waals surface area contributed by atoms with Crippen molar-refractivity contribution in [3.8, 4) is 23.3 Å². The Morgan fingerprint density at radius 1 is 1.08 bits per heavy atom. The van der Waals surface area contributed by atoms with Crippen LogP contribution in [-0.2, 0) is 11.4 Å². The molecule has 124 valence electrons. The summed E-state index contributed by atoms with van der Waals surface area (Å²) >= 11 is 0. The molecular formula is C20H19NaO4. The Hall–Kier alpha value is -1.93. The number of carbonyl (C=O) groups is 1. The molecule has 0 aliphatic carbocycles. The second-order valence-corrected chi connectivity index (χ2v) is 5.23. The van der Waals surface area contributed by atoms with E-state index in [0.717, 1.165) is 16.9 Å². The molecule has 0 saturated heterocycles. The number of carbonyl (C=O) groups excluding carboxylic acids is 1. The number of rotatable bonds is 7. The van der Waals surface area contributed by atoms with E-state index < -0.39 is 5.97 Å². The zero-order valence-electron chi connectivity index (χ0n) is 14.7. The van der Waals surface area contributed by atoms with Crippen molar-refractivity contribution in [2.75, 3.05) is 7.11 Å². The molecule has 0 heterocycles. The number of carboxylic acid groups (broad SMARTS) is 1. The van der Waals surface area contributed by atoms with Crippen molar-refractivity contribution in [3.05, 3.63) is 59.7 Å². The van der Waals surface area contributed by atoms with Crippen molar-refractivity contribution in [3.63, 3.8) is 0 Å². The number of carboxylic acids is 1. The van der Waals surface area contributed by atoms with Crippen LogP contribution in [0, 0.1) is 11.8 Å². The third-order valence-corrected chi connectivity index (χ3v) is 3.54. The molecule has 0 bridgehead atoms. The van der Waals surface area contributed by atoms with Crippen molar-refractivity contribution >= 4 is 5.97 Å². The maximum Gasteiger partial charge on any atom is 1.00 e. The minimum Gasteiger partial charge on any atom is -0.550 e. The average molecular weight is 346 g/mol. The van der Waals surface area contributed by atoms with Gasteiger partial charge in [-0.2, -0.15) is 0 Å².